The van der Waals surface area contributed by atoms with E-state index >= 15 is 0 Å². The van der Waals surface area contributed by atoms with E-state index in [1.165, 1.54) is 11.1 Å². The molecule has 1 atom stereocenters. The Morgan fingerprint density at radius 2 is 1.79 bits per heavy atom. The Labute approximate surface area is 166 Å². The zero-order valence-corrected chi connectivity index (χ0v) is 16.6. The number of amides is 2. The zero-order valence-electron chi connectivity index (χ0n) is 16.6. The van der Waals surface area contributed by atoms with Crippen molar-refractivity contribution in [2.24, 2.45) is 0 Å². The number of likely N-dealkylation sites (tertiary alicyclic amines) is 1. The second-order valence-electron chi connectivity index (χ2n) is 8.29. The summed E-state index contributed by atoms with van der Waals surface area (Å²) in [6, 6.07) is 12.2. The minimum atomic E-state index is 0.0860. The number of benzene rings is 1. The molecule has 0 radical (unpaired) electrons. The van der Waals surface area contributed by atoms with Crippen molar-refractivity contribution in [3.8, 4) is 0 Å². The van der Waals surface area contributed by atoms with E-state index in [-0.39, 0.29) is 23.1 Å². The molecule has 1 unspecified atom stereocenters. The van der Waals surface area contributed by atoms with Gasteiger partial charge in [0.1, 0.15) is 0 Å². The van der Waals surface area contributed by atoms with Crippen molar-refractivity contribution in [2.45, 2.75) is 37.0 Å². The van der Waals surface area contributed by atoms with Crippen LogP contribution in [0.5, 0.6) is 0 Å². The first-order valence-corrected chi connectivity index (χ1v) is 9.99. The lowest BCUT2D eigenvalue weighted by Crippen LogP contribution is -2.44. The molecule has 1 spiro atoms. The monoisotopic (exact) mass is 377 g/mol. The van der Waals surface area contributed by atoms with E-state index in [2.05, 4.69) is 29.2 Å². The number of carbonyl (C=O) groups is 2. The first-order valence-electron chi connectivity index (χ1n) is 9.99. The van der Waals surface area contributed by atoms with E-state index in [0.29, 0.717) is 12.0 Å². The molecular formula is C23H27N3O2. The van der Waals surface area contributed by atoms with Crippen LogP contribution in [0.1, 0.15) is 53.1 Å². The smallest absolute Gasteiger partial charge is 0.253 e. The molecule has 1 saturated heterocycles. The Morgan fingerprint density at radius 3 is 2.46 bits per heavy atom. The fraction of sp³-hybridized carbons (Fsp3) is 0.435. The number of hydrogen-bond acceptors (Lipinski definition) is 3. The molecule has 1 aliphatic heterocycles. The average Bonchev–Trinajstić information content (AvgIpc) is 3.02. The van der Waals surface area contributed by atoms with Crippen molar-refractivity contribution in [2.75, 3.05) is 27.2 Å². The van der Waals surface area contributed by atoms with Gasteiger partial charge >= 0.3 is 0 Å². The van der Waals surface area contributed by atoms with Gasteiger partial charge in [-0.05, 0) is 53.9 Å². The summed E-state index contributed by atoms with van der Waals surface area (Å²) in [6.45, 7) is 1.51. The van der Waals surface area contributed by atoms with Gasteiger partial charge in [-0.1, -0.05) is 24.3 Å². The number of pyridine rings is 1. The van der Waals surface area contributed by atoms with Crippen LogP contribution in [0.3, 0.4) is 0 Å². The van der Waals surface area contributed by atoms with E-state index in [0.717, 1.165) is 32.4 Å². The van der Waals surface area contributed by atoms with Crippen molar-refractivity contribution < 1.29 is 9.59 Å². The highest BCUT2D eigenvalue weighted by Gasteiger charge is 2.46. The number of rotatable bonds is 3. The maximum absolute atomic E-state index is 12.8. The third kappa shape index (κ3) is 3.30. The molecule has 146 valence electrons. The zero-order chi connectivity index (χ0) is 19.7. The van der Waals surface area contributed by atoms with Gasteiger partial charge in [0, 0.05) is 51.6 Å². The molecule has 28 heavy (non-hydrogen) atoms. The third-order valence-electron chi connectivity index (χ3n) is 6.46. The first-order chi connectivity index (χ1) is 13.5. The number of fused-ring (bicyclic) bond motifs is 2. The molecule has 2 heterocycles. The van der Waals surface area contributed by atoms with Gasteiger partial charge in [-0.2, -0.15) is 0 Å². The van der Waals surface area contributed by atoms with Gasteiger partial charge in [0.05, 0.1) is 0 Å². The largest absolute Gasteiger partial charge is 0.349 e. The van der Waals surface area contributed by atoms with Gasteiger partial charge in [-0.25, -0.2) is 0 Å². The number of carbonyl (C=O) groups excluding carboxylic acids is 2. The molecule has 0 N–H and O–H groups in total. The fourth-order valence-electron chi connectivity index (χ4n) is 4.89. The molecule has 0 bridgehead atoms. The molecule has 1 fully saturated rings. The second kappa shape index (κ2) is 7.38. The highest BCUT2D eigenvalue weighted by molar-refractivity contribution is 5.94. The van der Waals surface area contributed by atoms with Crippen LogP contribution in [0.2, 0.25) is 0 Å². The van der Waals surface area contributed by atoms with Gasteiger partial charge in [-0.15, -0.1) is 0 Å². The molecule has 5 nitrogen and oxygen atoms in total. The van der Waals surface area contributed by atoms with E-state index in [1.54, 1.807) is 29.4 Å². The molecule has 4 rings (SSSR count). The lowest BCUT2D eigenvalue weighted by Gasteiger charge is -2.40. The van der Waals surface area contributed by atoms with Crippen molar-refractivity contribution in [3.05, 3.63) is 65.5 Å². The summed E-state index contributed by atoms with van der Waals surface area (Å²) < 4.78 is 0. The van der Waals surface area contributed by atoms with Crippen LogP contribution >= 0.6 is 0 Å². The van der Waals surface area contributed by atoms with Crippen LogP contribution in [0.15, 0.2) is 48.8 Å². The molecule has 1 aliphatic carbocycles. The Hall–Kier alpha value is -2.69. The summed E-state index contributed by atoms with van der Waals surface area (Å²) in [6.07, 6.45) is 6.80. The maximum atomic E-state index is 12.8. The molecule has 5 heteroatoms. The maximum Gasteiger partial charge on any atom is 0.253 e. The van der Waals surface area contributed by atoms with Crippen LogP contribution in [-0.2, 0) is 10.2 Å². The minimum absolute atomic E-state index is 0.0860. The van der Waals surface area contributed by atoms with Crippen LogP contribution < -0.4 is 0 Å². The normalized spacial score (nSPS) is 20.1. The lowest BCUT2D eigenvalue weighted by atomic mass is 9.73. The van der Waals surface area contributed by atoms with Crippen LogP contribution in [0, 0.1) is 0 Å². The van der Waals surface area contributed by atoms with Crippen LogP contribution in [-0.4, -0.2) is 53.8 Å². The summed E-state index contributed by atoms with van der Waals surface area (Å²) in [5.41, 5.74) is 3.50. The van der Waals surface area contributed by atoms with Crippen LogP contribution in [0.25, 0.3) is 0 Å². The average molecular weight is 377 g/mol. The summed E-state index contributed by atoms with van der Waals surface area (Å²) in [5, 5.41) is 0. The highest BCUT2D eigenvalue weighted by atomic mass is 16.2. The fourth-order valence-corrected chi connectivity index (χ4v) is 4.89. The first kappa shape index (κ1) is 18.7. The standard InChI is InChI=1S/C23H27N3O2/c1-25(2)21(27)15-18-16-23(20-6-4-3-5-19(18)20)9-13-26(14-10-23)22(28)17-7-11-24-12-8-17/h3-8,11-12,18H,9-10,13-16H2,1-2H3. The lowest BCUT2D eigenvalue weighted by molar-refractivity contribution is -0.129. The highest BCUT2D eigenvalue weighted by Crippen LogP contribution is 2.52. The van der Waals surface area contributed by atoms with Gasteiger partial charge in [0.2, 0.25) is 5.91 Å². The minimum Gasteiger partial charge on any atom is -0.349 e. The Balaban J connectivity index is 1.52. The topological polar surface area (TPSA) is 53.5 Å². The predicted molar refractivity (Wildman–Crippen MR) is 108 cm³/mol. The number of aromatic nitrogens is 1. The summed E-state index contributed by atoms with van der Waals surface area (Å²) in [5.74, 6) is 0.540. The van der Waals surface area contributed by atoms with Gasteiger partial charge < -0.3 is 9.80 Å². The molecule has 2 aromatic rings. The third-order valence-corrected chi connectivity index (χ3v) is 6.46. The Morgan fingerprint density at radius 1 is 1.11 bits per heavy atom. The molecule has 1 aromatic carbocycles. The van der Waals surface area contributed by atoms with Crippen molar-refractivity contribution in [1.82, 2.24) is 14.8 Å². The Kier molecular flexibility index (Phi) is 4.92. The van der Waals surface area contributed by atoms with Crippen molar-refractivity contribution in [1.29, 1.82) is 0 Å². The van der Waals surface area contributed by atoms with E-state index in [4.69, 9.17) is 0 Å². The second-order valence-corrected chi connectivity index (χ2v) is 8.29. The van der Waals surface area contributed by atoms with E-state index in [1.807, 2.05) is 19.0 Å². The molecule has 2 amide bonds. The molecular weight excluding hydrogens is 350 g/mol. The molecule has 2 aliphatic rings. The summed E-state index contributed by atoms with van der Waals surface area (Å²) >= 11 is 0. The molecule has 0 saturated carbocycles. The Bertz CT molecular complexity index is 870. The van der Waals surface area contributed by atoms with Crippen molar-refractivity contribution >= 4 is 11.8 Å². The van der Waals surface area contributed by atoms with E-state index < -0.39 is 0 Å². The number of hydrogen-bond donors (Lipinski definition) is 0. The van der Waals surface area contributed by atoms with Gasteiger partial charge in [0.15, 0.2) is 0 Å². The van der Waals surface area contributed by atoms with Gasteiger partial charge in [0.25, 0.3) is 5.91 Å². The summed E-state index contributed by atoms with van der Waals surface area (Å²) in [7, 11) is 3.64. The van der Waals surface area contributed by atoms with E-state index in [9.17, 15) is 9.59 Å². The van der Waals surface area contributed by atoms with Gasteiger partial charge in [-0.3, -0.25) is 14.6 Å². The molecule has 1 aromatic heterocycles. The van der Waals surface area contributed by atoms with Crippen LogP contribution in [0.4, 0.5) is 0 Å². The SMILES string of the molecule is CN(C)C(=O)CC1CC2(CCN(C(=O)c3ccncc3)CC2)c2ccccc21. The summed E-state index contributed by atoms with van der Waals surface area (Å²) in [4.78, 5) is 32.8. The van der Waals surface area contributed by atoms with Crippen molar-refractivity contribution in [3.63, 3.8) is 0 Å². The quantitative estimate of drug-likeness (QED) is 0.825. The number of nitrogens with zero attached hydrogens (tertiary/aromatic N) is 3. The predicted octanol–water partition coefficient (Wildman–Crippen LogP) is 3.22. The number of piperidine rings is 1.